The maximum Gasteiger partial charge on any atom is 0.234 e. The van der Waals surface area contributed by atoms with Crippen LogP contribution in [0.5, 0.6) is 0 Å². The molecule has 0 unspecified atom stereocenters. The number of hydrogen-bond donors (Lipinski definition) is 1. The van der Waals surface area contributed by atoms with Gasteiger partial charge in [-0.05, 0) is 24.3 Å². The van der Waals surface area contributed by atoms with Crippen LogP contribution < -0.4 is 5.32 Å². The average molecular weight is 396 g/mol. The SMILES string of the molecule is O=C(CSc1ccc2nc(-c3ccccc3)cn2n1)Nc1ccc(F)cc1F. The van der Waals surface area contributed by atoms with Crippen molar-refractivity contribution in [3.8, 4) is 11.3 Å². The standard InChI is InChI=1S/C20H14F2N4OS/c21-14-6-7-16(15(22)10-14)24-19(27)12-28-20-9-8-18-23-17(11-26(18)25-20)13-4-2-1-3-5-13/h1-11H,12H2,(H,24,27). The van der Waals surface area contributed by atoms with Crippen LogP contribution in [-0.4, -0.2) is 26.3 Å². The minimum atomic E-state index is -0.815. The quantitative estimate of drug-likeness (QED) is 0.508. The minimum absolute atomic E-state index is 0.0373. The Morgan fingerprint density at radius 1 is 1.07 bits per heavy atom. The lowest BCUT2D eigenvalue weighted by Gasteiger charge is -2.06. The highest BCUT2D eigenvalue weighted by Gasteiger charge is 2.10. The van der Waals surface area contributed by atoms with Gasteiger partial charge in [-0.25, -0.2) is 18.3 Å². The van der Waals surface area contributed by atoms with Crippen molar-refractivity contribution in [3.63, 3.8) is 0 Å². The molecule has 0 spiro atoms. The molecule has 2 heterocycles. The Morgan fingerprint density at radius 2 is 1.89 bits per heavy atom. The summed E-state index contributed by atoms with van der Waals surface area (Å²) >= 11 is 1.21. The molecule has 0 radical (unpaired) electrons. The van der Waals surface area contributed by atoms with Crippen LogP contribution in [0.1, 0.15) is 0 Å². The van der Waals surface area contributed by atoms with E-state index >= 15 is 0 Å². The van der Waals surface area contributed by atoms with Gasteiger partial charge in [-0.3, -0.25) is 4.79 Å². The molecule has 4 aromatic rings. The number of nitrogens with zero attached hydrogens (tertiary/aromatic N) is 3. The van der Waals surface area contributed by atoms with Crippen LogP contribution >= 0.6 is 11.8 Å². The van der Waals surface area contributed by atoms with E-state index in [1.54, 1.807) is 10.6 Å². The molecular weight excluding hydrogens is 382 g/mol. The monoisotopic (exact) mass is 396 g/mol. The summed E-state index contributed by atoms with van der Waals surface area (Å²) in [6.07, 6.45) is 1.82. The predicted molar refractivity (Wildman–Crippen MR) is 104 cm³/mol. The first-order valence-corrected chi connectivity index (χ1v) is 9.36. The molecule has 2 aromatic carbocycles. The topological polar surface area (TPSA) is 59.3 Å². The number of benzene rings is 2. The van der Waals surface area contributed by atoms with E-state index in [1.165, 1.54) is 17.8 Å². The largest absolute Gasteiger partial charge is 0.323 e. The van der Waals surface area contributed by atoms with E-state index in [4.69, 9.17) is 0 Å². The van der Waals surface area contributed by atoms with Gasteiger partial charge in [0.2, 0.25) is 5.91 Å². The average Bonchev–Trinajstić information content (AvgIpc) is 3.13. The second-order valence-corrected chi connectivity index (χ2v) is 6.92. The highest BCUT2D eigenvalue weighted by molar-refractivity contribution is 7.99. The van der Waals surface area contributed by atoms with Crippen LogP contribution in [0.3, 0.4) is 0 Å². The molecule has 0 aliphatic rings. The van der Waals surface area contributed by atoms with Crippen LogP contribution in [0.25, 0.3) is 16.9 Å². The zero-order valence-corrected chi connectivity index (χ0v) is 15.3. The van der Waals surface area contributed by atoms with Gasteiger partial charge in [0, 0.05) is 11.6 Å². The summed E-state index contributed by atoms with van der Waals surface area (Å²) in [4.78, 5) is 16.6. The molecule has 140 valence electrons. The van der Waals surface area contributed by atoms with Crippen molar-refractivity contribution in [2.75, 3.05) is 11.1 Å². The number of anilines is 1. The highest BCUT2D eigenvalue weighted by atomic mass is 32.2. The third-order valence-corrected chi connectivity index (χ3v) is 4.84. The third kappa shape index (κ3) is 4.01. The molecule has 5 nitrogen and oxygen atoms in total. The zero-order chi connectivity index (χ0) is 19.5. The van der Waals surface area contributed by atoms with Gasteiger partial charge in [0.25, 0.3) is 0 Å². The number of carbonyl (C=O) groups is 1. The second-order valence-electron chi connectivity index (χ2n) is 5.93. The van der Waals surface area contributed by atoms with Gasteiger partial charge >= 0.3 is 0 Å². The molecule has 0 aliphatic carbocycles. The van der Waals surface area contributed by atoms with E-state index in [0.717, 1.165) is 23.4 Å². The van der Waals surface area contributed by atoms with Crippen molar-refractivity contribution >= 4 is 29.0 Å². The number of imidazole rings is 1. The molecule has 1 amide bonds. The van der Waals surface area contributed by atoms with E-state index in [2.05, 4.69) is 15.4 Å². The van der Waals surface area contributed by atoms with Crippen molar-refractivity contribution in [2.24, 2.45) is 0 Å². The number of amides is 1. The summed E-state index contributed by atoms with van der Waals surface area (Å²) in [5.41, 5.74) is 2.43. The summed E-state index contributed by atoms with van der Waals surface area (Å²) < 4.78 is 28.2. The Balaban J connectivity index is 1.44. The number of aromatic nitrogens is 3. The maximum atomic E-state index is 13.6. The van der Waals surface area contributed by atoms with Gasteiger partial charge in [-0.2, -0.15) is 5.10 Å². The molecule has 0 atom stereocenters. The zero-order valence-electron chi connectivity index (χ0n) is 14.5. The summed E-state index contributed by atoms with van der Waals surface area (Å²) in [6, 6.07) is 16.3. The molecule has 0 fully saturated rings. The summed E-state index contributed by atoms with van der Waals surface area (Å²) in [6.45, 7) is 0. The molecule has 1 N–H and O–H groups in total. The van der Waals surface area contributed by atoms with Gasteiger partial charge in [-0.15, -0.1) is 0 Å². The van der Waals surface area contributed by atoms with Crippen molar-refractivity contribution < 1.29 is 13.6 Å². The molecule has 4 rings (SSSR count). The highest BCUT2D eigenvalue weighted by Crippen LogP contribution is 2.21. The van der Waals surface area contributed by atoms with E-state index in [9.17, 15) is 13.6 Å². The first kappa shape index (κ1) is 18.1. The van der Waals surface area contributed by atoms with Gasteiger partial charge < -0.3 is 5.32 Å². The van der Waals surface area contributed by atoms with Crippen molar-refractivity contribution in [3.05, 3.63) is 78.5 Å². The van der Waals surface area contributed by atoms with Gasteiger partial charge in [0.15, 0.2) is 5.65 Å². The number of carbonyl (C=O) groups excluding carboxylic acids is 1. The fourth-order valence-electron chi connectivity index (χ4n) is 2.61. The molecular formula is C20H14F2N4OS. The minimum Gasteiger partial charge on any atom is -0.323 e. The lowest BCUT2D eigenvalue weighted by atomic mass is 10.2. The Morgan fingerprint density at radius 3 is 2.68 bits per heavy atom. The molecule has 0 bridgehead atoms. The first-order valence-electron chi connectivity index (χ1n) is 8.38. The number of hydrogen-bond acceptors (Lipinski definition) is 4. The summed E-state index contributed by atoms with van der Waals surface area (Å²) in [7, 11) is 0. The lowest BCUT2D eigenvalue weighted by molar-refractivity contribution is -0.113. The van der Waals surface area contributed by atoms with Crippen LogP contribution in [0, 0.1) is 11.6 Å². The van der Waals surface area contributed by atoms with E-state index in [0.29, 0.717) is 10.7 Å². The molecule has 8 heteroatoms. The molecule has 2 aromatic heterocycles. The van der Waals surface area contributed by atoms with Crippen LogP contribution in [-0.2, 0) is 4.79 Å². The number of thioether (sulfide) groups is 1. The smallest absolute Gasteiger partial charge is 0.234 e. The Bertz CT molecular complexity index is 1150. The fraction of sp³-hybridized carbons (Fsp3) is 0.0500. The maximum absolute atomic E-state index is 13.6. The van der Waals surface area contributed by atoms with E-state index in [-0.39, 0.29) is 11.4 Å². The van der Waals surface area contributed by atoms with E-state index in [1.807, 2.05) is 42.6 Å². The second kappa shape index (κ2) is 7.77. The van der Waals surface area contributed by atoms with E-state index < -0.39 is 17.5 Å². The first-order chi connectivity index (χ1) is 13.6. The van der Waals surface area contributed by atoms with Crippen molar-refractivity contribution in [1.82, 2.24) is 14.6 Å². The number of fused-ring (bicyclic) bond motifs is 1. The van der Waals surface area contributed by atoms with Gasteiger partial charge in [0.1, 0.15) is 16.7 Å². The Labute approximate surface area is 163 Å². The predicted octanol–water partition coefficient (Wildman–Crippen LogP) is 4.41. The van der Waals surface area contributed by atoms with Crippen molar-refractivity contribution in [2.45, 2.75) is 5.03 Å². The van der Waals surface area contributed by atoms with Crippen LogP contribution in [0.15, 0.2) is 71.9 Å². The van der Waals surface area contributed by atoms with Gasteiger partial charge in [-0.1, -0.05) is 42.1 Å². The Hall–Kier alpha value is -3.26. The normalized spacial score (nSPS) is 10.9. The lowest BCUT2D eigenvalue weighted by Crippen LogP contribution is -2.15. The van der Waals surface area contributed by atoms with Gasteiger partial charge in [0.05, 0.1) is 23.3 Å². The number of rotatable bonds is 5. The third-order valence-electron chi connectivity index (χ3n) is 3.92. The van der Waals surface area contributed by atoms with Crippen LogP contribution in [0.2, 0.25) is 0 Å². The molecule has 0 saturated carbocycles. The molecule has 0 saturated heterocycles. The van der Waals surface area contributed by atoms with Crippen LogP contribution in [0.4, 0.5) is 14.5 Å². The Kier molecular flexibility index (Phi) is 5.03. The molecule has 0 aliphatic heterocycles. The molecule has 28 heavy (non-hydrogen) atoms. The number of nitrogens with one attached hydrogen (secondary N) is 1. The summed E-state index contributed by atoms with van der Waals surface area (Å²) in [5, 5.41) is 7.49. The summed E-state index contributed by atoms with van der Waals surface area (Å²) in [5.74, 6) is -1.88. The number of halogens is 2. The van der Waals surface area contributed by atoms with Crippen molar-refractivity contribution in [1.29, 1.82) is 0 Å². The fourth-order valence-corrected chi connectivity index (χ4v) is 3.27.